The summed E-state index contributed by atoms with van der Waals surface area (Å²) in [6.45, 7) is 22.6. The number of furan rings is 1. The first-order valence-electron chi connectivity index (χ1n) is 29.6. The molecule has 0 N–H and O–H groups in total. The van der Waals surface area contributed by atoms with Crippen LogP contribution in [0.4, 0.5) is 0 Å². The number of nitrogens with zero attached hydrogens (tertiary/aromatic N) is 3. The van der Waals surface area contributed by atoms with E-state index in [0.717, 1.165) is 79.6 Å². The van der Waals surface area contributed by atoms with Gasteiger partial charge < -0.3 is 14.0 Å². The molecule has 0 saturated heterocycles. The van der Waals surface area contributed by atoms with Gasteiger partial charge >= 0.3 is 0 Å². The molecule has 80 heavy (non-hydrogen) atoms. The molecular weight excluding hydrogens is 1150 g/mol. The topological polar surface area (TPSA) is 43.9 Å². The van der Waals surface area contributed by atoms with Crippen LogP contribution in [0.15, 0.2) is 180 Å². The number of pyridine rings is 1. The van der Waals surface area contributed by atoms with Gasteiger partial charge in [0.15, 0.2) is 0 Å². The molecule has 0 bridgehead atoms. The second-order valence-corrected chi connectivity index (χ2v) is 24.9. The summed E-state index contributed by atoms with van der Waals surface area (Å²) in [5, 5.41) is 7.02. The minimum Gasteiger partial charge on any atom is -0.501 e. The summed E-state index contributed by atoms with van der Waals surface area (Å²) < 4.78 is 33.7. The zero-order chi connectivity index (χ0) is 57.6. The summed E-state index contributed by atoms with van der Waals surface area (Å²) in [6.07, 6.45) is 4.08. The second kappa shape index (κ2) is 20.9. The largest absolute Gasteiger partial charge is 0.501 e. The van der Waals surface area contributed by atoms with Crippen molar-refractivity contribution in [3.63, 3.8) is 0 Å². The fraction of sp³-hybridized carbons (Fsp3) is 0.253. The molecular formula is C75H71IrN3O-2. The van der Waals surface area contributed by atoms with Gasteiger partial charge in [-0.15, -0.1) is 47.5 Å². The van der Waals surface area contributed by atoms with Crippen molar-refractivity contribution in [3.8, 4) is 50.6 Å². The van der Waals surface area contributed by atoms with Gasteiger partial charge in [0.1, 0.15) is 5.58 Å². The Kier molecular flexibility index (Phi) is 13.3. The van der Waals surface area contributed by atoms with Gasteiger partial charge in [0.05, 0.1) is 22.4 Å². The number of hydrogen-bond acceptors (Lipinski definition) is 3. The molecule has 0 saturated carbocycles. The smallest absolute Gasteiger partial charge is 0.121 e. The summed E-state index contributed by atoms with van der Waals surface area (Å²) in [6, 6.07) is 66.6. The predicted molar refractivity (Wildman–Crippen MR) is 334 cm³/mol. The molecule has 3 heterocycles. The van der Waals surface area contributed by atoms with E-state index in [1.807, 2.05) is 24.4 Å². The zero-order valence-electron chi connectivity index (χ0n) is 50.9. The van der Waals surface area contributed by atoms with Crippen molar-refractivity contribution >= 4 is 54.5 Å². The van der Waals surface area contributed by atoms with Crippen LogP contribution >= 0.6 is 0 Å². The van der Waals surface area contributed by atoms with Gasteiger partial charge in [-0.05, 0) is 155 Å². The first-order valence-corrected chi connectivity index (χ1v) is 28.1. The number of aryl methyl sites for hydroxylation is 1. The molecule has 403 valence electrons. The van der Waals surface area contributed by atoms with E-state index in [4.69, 9.17) is 13.5 Å². The van der Waals surface area contributed by atoms with Crippen molar-refractivity contribution in [3.05, 3.63) is 222 Å². The molecule has 1 aliphatic rings. The minimum absolute atomic E-state index is 0. The SMILES string of the molecule is CC(C)c1cc(-c2ccccc2)cc(C(C)C)c1-n1c(-c2[c-]ccc3c2oc2cc4c(ccc5ccccc54)cc23)nc2ccccc21.[2H]C([2H])([2H])c1c[c-]c(-c2cc(C(C)(C)C)ccn2)cc1-c1ccc2c(c1)C(C)(C)CCC2(C)C.[Ir]. The first-order chi connectivity index (χ1) is 39.1. The third kappa shape index (κ3) is 9.81. The van der Waals surface area contributed by atoms with Gasteiger partial charge in [0, 0.05) is 41.5 Å². The van der Waals surface area contributed by atoms with Crippen LogP contribution < -0.4 is 0 Å². The van der Waals surface area contributed by atoms with Gasteiger partial charge in [-0.25, -0.2) is 0 Å². The van der Waals surface area contributed by atoms with E-state index in [-0.39, 0.29) is 48.2 Å². The van der Waals surface area contributed by atoms with Crippen molar-refractivity contribution in [1.29, 1.82) is 0 Å². The van der Waals surface area contributed by atoms with Crippen molar-refractivity contribution in [2.45, 2.75) is 124 Å². The van der Waals surface area contributed by atoms with Gasteiger partial charge in [-0.3, -0.25) is 4.98 Å². The van der Waals surface area contributed by atoms with Crippen molar-refractivity contribution < 1.29 is 28.6 Å². The molecule has 0 spiro atoms. The van der Waals surface area contributed by atoms with Gasteiger partial charge in [-0.1, -0.05) is 203 Å². The Balaban J connectivity index is 0.000000183. The average Bonchev–Trinajstić information content (AvgIpc) is 2.84. The minimum atomic E-state index is -2.23. The molecule has 0 aliphatic heterocycles. The fourth-order valence-electron chi connectivity index (χ4n) is 12.1. The standard InChI is InChI=1S/C45H35N2O.C30H36N.Ir/c1-27(2)36-24-32(29-13-6-5-7-14-29)25-37(28(3)4)43(36)47-41-20-11-10-19-40(41)46-45(47)35-18-12-17-34-39-23-31-22-21-30-15-8-9-16-33(30)38(31)26-42(39)48-44(34)35;1-20-9-10-22(27-19-23(13-16-31-27)28(2,3)4)17-24(20)21-11-12-25-26(18-21)30(7,8)15-14-29(25,5)6;/h5-17,19-28H,1-4H3;9,11-13,16-19H,14-15H2,1-8H3;/q2*-1;/i;1D3;. The maximum Gasteiger partial charge on any atom is 0.121 e. The molecule has 5 heteroatoms. The molecule has 12 aromatic rings. The van der Waals surface area contributed by atoms with Crippen molar-refractivity contribution in [1.82, 2.24) is 14.5 Å². The number of para-hydroxylation sites is 2. The van der Waals surface area contributed by atoms with Gasteiger partial charge in [-0.2, -0.15) is 0 Å². The summed E-state index contributed by atoms with van der Waals surface area (Å²) in [5.74, 6) is 1.40. The van der Waals surface area contributed by atoms with Crippen LogP contribution in [-0.2, 0) is 36.4 Å². The molecule has 0 amide bonds. The normalized spacial score (nSPS) is 14.7. The van der Waals surface area contributed by atoms with E-state index in [9.17, 15) is 0 Å². The monoisotopic (exact) mass is 1230 g/mol. The molecule has 9 aromatic carbocycles. The Labute approximate surface area is 490 Å². The molecule has 0 unspecified atom stereocenters. The number of fused-ring (bicyclic) bond motifs is 8. The van der Waals surface area contributed by atoms with Crippen LogP contribution in [0.1, 0.15) is 138 Å². The summed E-state index contributed by atoms with van der Waals surface area (Å²) >= 11 is 0. The van der Waals surface area contributed by atoms with E-state index in [2.05, 4.69) is 243 Å². The molecule has 3 aromatic heterocycles. The van der Waals surface area contributed by atoms with Crippen LogP contribution in [0, 0.1) is 19.0 Å². The maximum absolute atomic E-state index is 8.18. The van der Waals surface area contributed by atoms with E-state index in [0.29, 0.717) is 5.56 Å². The van der Waals surface area contributed by atoms with Crippen molar-refractivity contribution in [2.24, 2.45) is 0 Å². The van der Waals surface area contributed by atoms with Gasteiger partial charge in [0.2, 0.25) is 0 Å². The zero-order valence-corrected chi connectivity index (χ0v) is 50.3. The average molecular weight is 1230 g/mol. The number of hydrogen-bond donors (Lipinski definition) is 0. The Morgan fingerprint density at radius 3 is 2.06 bits per heavy atom. The van der Waals surface area contributed by atoms with Crippen LogP contribution in [-0.4, -0.2) is 14.5 Å². The molecule has 1 radical (unpaired) electrons. The fourth-order valence-corrected chi connectivity index (χ4v) is 12.1. The first kappa shape index (κ1) is 50.8. The van der Waals surface area contributed by atoms with Crippen molar-refractivity contribution in [2.75, 3.05) is 0 Å². The molecule has 0 fully saturated rings. The van der Waals surface area contributed by atoms with E-state index in [1.54, 1.807) is 6.07 Å². The Bertz CT molecular complexity index is 4410. The molecule has 1 aliphatic carbocycles. The van der Waals surface area contributed by atoms with E-state index in [1.165, 1.54) is 66.2 Å². The molecule has 4 nitrogen and oxygen atoms in total. The number of aromatic nitrogens is 3. The number of benzene rings is 9. The number of rotatable bonds is 7. The molecule has 0 atom stereocenters. The van der Waals surface area contributed by atoms with Gasteiger partial charge in [0.25, 0.3) is 0 Å². The maximum atomic E-state index is 8.18. The van der Waals surface area contributed by atoms with Crippen LogP contribution in [0.3, 0.4) is 0 Å². The summed E-state index contributed by atoms with van der Waals surface area (Å²) in [7, 11) is 0. The summed E-state index contributed by atoms with van der Waals surface area (Å²) in [5.41, 5.74) is 18.5. The third-order valence-corrected chi connectivity index (χ3v) is 16.8. The molecule has 13 rings (SSSR count). The van der Waals surface area contributed by atoms with E-state index < -0.39 is 6.85 Å². The Morgan fingerprint density at radius 2 is 1.32 bits per heavy atom. The van der Waals surface area contributed by atoms with Crippen LogP contribution in [0.2, 0.25) is 0 Å². The second-order valence-electron chi connectivity index (χ2n) is 24.9. The Morgan fingerprint density at radius 1 is 0.625 bits per heavy atom. The van der Waals surface area contributed by atoms with Crippen LogP contribution in [0.5, 0.6) is 0 Å². The number of imidazole rings is 1. The Hall–Kier alpha value is -7.43. The van der Waals surface area contributed by atoms with Crippen LogP contribution in [0.25, 0.3) is 105 Å². The summed E-state index contributed by atoms with van der Waals surface area (Å²) in [4.78, 5) is 9.92. The predicted octanol–water partition coefficient (Wildman–Crippen LogP) is 20.8. The third-order valence-electron chi connectivity index (χ3n) is 16.8. The van der Waals surface area contributed by atoms with E-state index >= 15 is 0 Å². The quantitative estimate of drug-likeness (QED) is 0.118.